The molecule has 0 spiro atoms. The third kappa shape index (κ3) is 3.13. The number of carbonyl (C=O) groups excluding carboxylic acids is 2. The minimum absolute atomic E-state index is 0.0392. The Morgan fingerprint density at radius 1 is 1.33 bits per heavy atom. The van der Waals surface area contributed by atoms with Crippen LogP contribution in [0.5, 0.6) is 0 Å². The molecule has 2 fully saturated rings. The maximum Gasteiger partial charge on any atom is 0.224 e. The monoisotopic (exact) mass is 290 g/mol. The fourth-order valence-corrected chi connectivity index (χ4v) is 3.35. The van der Waals surface area contributed by atoms with E-state index in [1.165, 1.54) is 12.1 Å². The van der Waals surface area contributed by atoms with Crippen molar-refractivity contribution in [3.8, 4) is 0 Å². The van der Waals surface area contributed by atoms with Crippen LogP contribution in [0.4, 0.5) is 4.39 Å². The summed E-state index contributed by atoms with van der Waals surface area (Å²) in [6.07, 6.45) is 2.19. The lowest BCUT2D eigenvalue weighted by Crippen LogP contribution is -2.47. The average molecular weight is 290 g/mol. The highest BCUT2D eigenvalue weighted by molar-refractivity contribution is 5.84. The van der Waals surface area contributed by atoms with Gasteiger partial charge in [0.1, 0.15) is 5.82 Å². The standard InChI is InChI=1S/C16H19FN2O2/c17-12-5-3-11(4-6-12)8-13(20)10-19-7-1-2-14-15(19)9-18-16(14)21/h3-6,14-15H,1-2,7-10H2,(H,18,21). The molecule has 0 aliphatic carbocycles. The second-order valence-corrected chi connectivity index (χ2v) is 5.87. The van der Waals surface area contributed by atoms with Crippen LogP contribution in [-0.4, -0.2) is 42.3 Å². The third-order valence-electron chi connectivity index (χ3n) is 4.41. The molecule has 1 aromatic rings. The molecule has 2 aliphatic rings. The Bertz CT molecular complexity index is 544. The highest BCUT2D eigenvalue weighted by Gasteiger charge is 2.40. The summed E-state index contributed by atoms with van der Waals surface area (Å²) in [5.41, 5.74) is 0.829. The van der Waals surface area contributed by atoms with Crippen LogP contribution in [0.3, 0.4) is 0 Å². The molecule has 2 atom stereocenters. The number of nitrogens with zero attached hydrogens (tertiary/aromatic N) is 1. The van der Waals surface area contributed by atoms with E-state index in [1.807, 2.05) is 0 Å². The van der Waals surface area contributed by atoms with Gasteiger partial charge < -0.3 is 5.32 Å². The van der Waals surface area contributed by atoms with Crippen molar-refractivity contribution in [3.63, 3.8) is 0 Å². The largest absolute Gasteiger partial charge is 0.354 e. The summed E-state index contributed by atoms with van der Waals surface area (Å²) in [4.78, 5) is 26.0. The van der Waals surface area contributed by atoms with E-state index in [4.69, 9.17) is 0 Å². The second-order valence-electron chi connectivity index (χ2n) is 5.87. The summed E-state index contributed by atoms with van der Waals surface area (Å²) in [5.74, 6) is -0.0183. The van der Waals surface area contributed by atoms with E-state index in [1.54, 1.807) is 12.1 Å². The van der Waals surface area contributed by atoms with Crippen LogP contribution in [-0.2, 0) is 16.0 Å². The maximum absolute atomic E-state index is 12.8. The van der Waals surface area contributed by atoms with Gasteiger partial charge in [0.25, 0.3) is 0 Å². The molecular formula is C16H19FN2O2. The average Bonchev–Trinajstić information content (AvgIpc) is 2.84. The Morgan fingerprint density at radius 3 is 2.86 bits per heavy atom. The molecule has 21 heavy (non-hydrogen) atoms. The fraction of sp³-hybridized carbons (Fsp3) is 0.500. The molecule has 0 bridgehead atoms. The van der Waals surface area contributed by atoms with Crippen molar-refractivity contribution in [1.82, 2.24) is 10.2 Å². The van der Waals surface area contributed by atoms with Gasteiger partial charge in [0.05, 0.1) is 12.5 Å². The normalized spacial score (nSPS) is 25.5. The number of rotatable bonds is 4. The van der Waals surface area contributed by atoms with E-state index >= 15 is 0 Å². The van der Waals surface area contributed by atoms with Crippen molar-refractivity contribution in [1.29, 1.82) is 0 Å². The van der Waals surface area contributed by atoms with Crippen molar-refractivity contribution in [3.05, 3.63) is 35.6 Å². The smallest absolute Gasteiger partial charge is 0.224 e. The number of nitrogens with one attached hydrogen (secondary N) is 1. The van der Waals surface area contributed by atoms with E-state index in [2.05, 4.69) is 10.2 Å². The van der Waals surface area contributed by atoms with Crippen LogP contribution in [0.1, 0.15) is 18.4 Å². The number of hydrogen-bond acceptors (Lipinski definition) is 3. The topological polar surface area (TPSA) is 49.4 Å². The Labute approximate surface area is 123 Å². The van der Waals surface area contributed by atoms with Crippen LogP contribution < -0.4 is 5.32 Å². The van der Waals surface area contributed by atoms with Gasteiger partial charge >= 0.3 is 0 Å². The molecule has 2 unspecified atom stereocenters. The molecular weight excluding hydrogens is 271 g/mol. The van der Waals surface area contributed by atoms with Gasteiger partial charge in [-0.25, -0.2) is 4.39 Å². The first-order valence-electron chi connectivity index (χ1n) is 7.41. The van der Waals surface area contributed by atoms with Crippen molar-refractivity contribution in [2.45, 2.75) is 25.3 Å². The molecule has 2 heterocycles. The number of fused-ring (bicyclic) bond motifs is 1. The van der Waals surface area contributed by atoms with Crippen LogP contribution in [0.15, 0.2) is 24.3 Å². The van der Waals surface area contributed by atoms with Crippen molar-refractivity contribution in [2.24, 2.45) is 5.92 Å². The van der Waals surface area contributed by atoms with Gasteiger partial charge in [-0.2, -0.15) is 0 Å². The zero-order chi connectivity index (χ0) is 14.8. The van der Waals surface area contributed by atoms with E-state index < -0.39 is 0 Å². The molecule has 4 nitrogen and oxygen atoms in total. The molecule has 3 rings (SSSR count). The van der Waals surface area contributed by atoms with Gasteiger partial charge in [-0.3, -0.25) is 14.5 Å². The first kappa shape index (κ1) is 14.2. The molecule has 2 aliphatic heterocycles. The quantitative estimate of drug-likeness (QED) is 0.905. The Hall–Kier alpha value is -1.75. The lowest BCUT2D eigenvalue weighted by atomic mass is 9.91. The summed E-state index contributed by atoms with van der Waals surface area (Å²) < 4.78 is 12.8. The number of hydrogen-bond donors (Lipinski definition) is 1. The van der Waals surface area contributed by atoms with Crippen LogP contribution in [0.25, 0.3) is 0 Å². The highest BCUT2D eigenvalue weighted by atomic mass is 19.1. The molecule has 1 amide bonds. The molecule has 5 heteroatoms. The summed E-state index contributed by atoms with van der Waals surface area (Å²) in [5, 5.41) is 2.89. The minimum atomic E-state index is -0.291. The van der Waals surface area contributed by atoms with Crippen LogP contribution >= 0.6 is 0 Å². The molecule has 2 saturated heterocycles. The van der Waals surface area contributed by atoms with Gasteiger partial charge in [0.2, 0.25) is 5.91 Å². The predicted octanol–water partition coefficient (Wildman–Crippen LogP) is 1.15. The fourth-order valence-electron chi connectivity index (χ4n) is 3.35. The van der Waals surface area contributed by atoms with E-state index in [9.17, 15) is 14.0 Å². The first-order valence-corrected chi connectivity index (χ1v) is 7.41. The van der Waals surface area contributed by atoms with Gasteiger partial charge in [-0.1, -0.05) is 12.1 Å². The number of likely N-dealkylation sites (tertiary alicyclic amines) is 1. The molecule has 1 aromatic carbocycles. The van der Waals surface area contributed by atoms with Crippen molar-refractivity contribution >= 4 is 11.7 Å². The van der Waals surface area contributed by atoms with E-state index in [0.717, 1.165) is 24.9 Å². The molecule has 0 radical (unpaired) electrons. The molecule has 0 saturated carbocycles. The van der Waals surface area contributed by atoms with Crippen molar-refractivity contribution < 1.29 is 14.0 Å². The number of Topliss-reactive ketones (excluding diaryl/α,β-unsaturated/α-hetero) is 1. The van der Waals surface area contributed by atoms with Gasteiger partial charge in [0, 0.05) is 19.0 Å². The predicted molar refractivity (Wildman–Crippen MR) is 76.2 cm³/mol. The summed E-state index contributed by atoms with van der Waals surface area (Å²) in [6.45, 7) is 1.88. The maximum atomic E-state index is 12.8. The van der Waals surface area contributed by atoms with Crippen molar-refractivity contribution in [2.75, 3.05) is 19.6 Å². The zero-order valence-corrected chi connectivity index (χ0v) is 11.8. The summed E-state index contributed by atoms with van der Waals surface area (Å²) in [7, 11) is 0. The van der Waals surface area contributed by atoms with Gasteiger partial charge in [0.15, 0.2) is 5.78 Å². The second kappa shape index (κ2) is 5.93. The molecule has 112 valence electrons. The number of piperidine rings is 1. The Kier molecular flexibility index (Phi) is 4.01. The summed E-state index contributed by atoms with van der Waals surface area (Å²) in [6, 6.07) is 6.20. The Balaban J connectivity index is 1.59. The lowest BCUT2D eigenvalue weighted by Gasteiger charge is -2.35. The Morgan fingerprint density at radius 2 is 2.10 bits per heavy atom. The summed E-state index contributed by atoms with van der Waals surface area (Å²) >= 11 is 0. The number of benzene rings is 1. The molecule has 0 aromatic heterocycles. The van der Waals surface area contributed by atoms with Gasteiger partial charge in [-0.05, 0) is 37.1 Å². The zero-order valence-electron chi connectivity index (χ0n) is 11.8. The van der Waals surface area contributed by atoms with E-state index in [-0.39, 0.29) is 29.5 Å². The number of halogens is 1. The lowest BCUT2D eigenvalue weighted by molar-refractivity contribution is -0.126. The highest BCUT2D eigenvalue weighted by Crippen LogP contribution is 2.27. The number of amides is 1. The van der Waals surface area contributed by atoms with Crippen LogP contribution in [0.2, 0.25) is 0 Å². The van der Waals surface area contributed by atoms with E-state index in [0.29, 0.717) is 19.5 Å². The number of carbonyl (C=O) groups is 2. The SMILES string of the molecule is O=C(Cc1ccc(F)cc1)CN1CCCC2C(=O)NCC21. The number of ketones is 1. The first-order chi connectivity index (χ1) is 10.1. The van der Waals surface area contributed by atoms with Gasteiger partial charge in [-0.15, -0.1) is 0 Å². The van der Waals surface area contributed by atoms with Crippen LogP contribution in [0, 0.1) is 11.7 Å². The minimum Gasteiger partial charge on any atom is -0.354 e. The third-order valence-corrected chi connectivity index (χ3v) is 4.41. The molecule has 1 N–H and O–H groups in total.